The molecule has 4 rings (SSSR count). The van der Waals surface area contributed by atoms with Gasteiger partial charge in [-0.1, -0.05) is 23.7 Å². The second kappa shape index (κ2) is 8.02. The Kier molecular flexibility index (Phi) is 5.12. The van der Waals surface area contributed by atoms with E-state index in [1.165, 1.54) is 6.33 Å². The van der Waals surface area contributed by atoms with Gasteiger partial charge in [0.05, 0.1) is 5.52 Å². The molecule has 0 bridgehead atoms. The highest BCUT2D eigenvalue weighted by Crippen LogP contribution is 2.23. The molecule has 0 aliphatic rings. The summed E-state index contributed by atoms with van der Waals surface area (Å²) in [6.45, 7) is 0.570. The summed E-state index contributed by atoms with van der Waals surface area (Å²) >= 11 is 6.02. The standard InChI is InChI=1S/C21H16ClN5O/c22-16-5-6-18-19(11-16)25-13-26-20(18)24-12-14-1-3-15(4-2-14)21(28)27-17-7-9-23-10-8-17/h1-11,13H,12H2,(H,23,27,28)(H,24,25,26). The summed E-state index contributed by atoms with van der Waals surface area (Å²) in [5, 5.41) is 7.69. The first-order valence-corrected chi connectivity index (χ1v) is 9.01. The number of aromatic nitrogens is 3. The lowest BCUT2D eigenvalue weighted by Crippen LogP contribution is -2.12. The number of carbonyl (C=O) groups excluding carboxylic acids is 1. The maximum Gasteiger partial charge on any atom is 0.255 e. The van der Waals surface area contributed by atoms with Gasteiger partial charge in [-0.25, -0.2) is 9.97 Å². The van der Waals surface area contributed by atoms with Crippen molar-refractivity contribution in [3.63, 3.8) is 0 Å². The first kappa shape index (κ1) is 17.9. The van der Waals surface area contributed by atoms with E-state index in [2.05, 4.69) is 25.6 Å². The zero-order valence-corrected chi connectivity index (χ0v) is 15.5. The third kappa shape index (κ3) is 4.07. The number of nitrogens with zero attached hydrogens (tertiary/aromatic N) is 3. The molecule has 1 amide bonds. The molecular weight excluding hydrogens is 374 g/mol. The average molecular weight is 390 g/mol. The molecule has 6 nitrogen and oxygen atoms in total. The van der Waals surface area contributed by atoms with Crippen LogP contribution in [0.4, 0.5) is 11.5 Å². The lowest BCUT2D eigenvalue weighted by molar-refractivity contribution is 0.102. The Labute approximate surface area is 166 Å². The maximum atomic E-state index is 12.3. The highest BCUT2D eigenvalue weighted by Gasteiger charge is 2.07. The van der Waals surface area contributed by atoms with Crippen molar-refractivity contribution in [3.05, 3.63) is 89.5 Å². The number of benzene rings is 2. The fourth-order valence-corrected chi connectivity index (χ4v) is 2.94. The van der Waals surface area contributed by atoms with Gasteiger partial charge < -0.3 is 10.6 Å². The van der Waals surface area contributed by atoms with Crippen molar-refractivity contribution in [1.82, 2.24) is 15.0 Å². The molecule has 0 fully saturated rings. The van der Waals surface area contributed by atoms with E-state index in [9.17, 15) is 4.79 Å². The van der Waals surface area contributed by atoms with Crippen LogP contribution in [0.3, 0.4) is 0 Å². The number of hydrogen-bond acceptors (Lipinski definition) is 5. The van der Waals surface area contributed by atoms with E-state index < -0.39 is 0 Å². The van der Waals surface area contributed by atoms with E-state index in [0.29, 0.717) is 22.8 Å². The number of carbonyl (C=O) groups is 1. The van der Waals surface area contributed by atoms with Crippen LogP contribution in [-0.2, 0) is 6.54 Å². The van der Waals surface area contributed by atoms with E-state index in [-0.39, 0.29) is 5.91 Å². The molecule has 0 saturated heterocycles. The van der Waals surface area contributed by atoms with Crippen LogP contribution in [0.1, 0.15) is 15.9 Å². The summed E-state index contributed by atoms with van der Waals surface area (Å²) < 4.78 is 0. The lowest BCUT2D eigenvalue weighted by atomic mass is 10.1. The van der Waals surface area contributed by atoms with Crippen LogP contribution in [0.25, 0.3) is 10.9 Å². The number of halogens is 1. The number of nitrogens with one attached hydrogen (secondary N) is 2. The number of amides is 1. The molecule has 0 spiro atoms. The van der Waals surface area contributed by atoms with E-state index in [0.717, 1.165) is 22.3 Å². The first-order valence-electron chi connectivity index (χ1n) is 8.63. The summed E-state index contributed by atoms with van der Waals surface area (Å²) in [4.78, 5) is 24.8. The predicted molar refractivity (Wildman–Crippen MR) is 111 cm³/mol. The maximum absolute atomic E-state index is 12.3. The van der Waals surface area contributed by atoms with Crippen LogP contribution in [0.2, 0.25) is 5.02 Å². The Bertz CT molecular complexity index is 1120. The molecule has 7 heteroatoms. The Hall–Kier alpha value is -3.51. The molecule has 2 aromatic heterocycles. The number of fused-ring (bicyclic) bond motifs is 1. The number of rotatable bonds is 5. The Morgan fingerprint density at radius 3 is 2.54 bits per heavy atom. The lowest BCUT2D eigenvalue weighted by Gasteiger charge is -2.09. The van der Waals surface area contributed by atoms with Crippen LogP contribution in [0.15, 0.2) is 73.3 Å². The molecule has 0 aliphatic carbocycles. The minimum atomic E-state index is -0.163. The van der Waals surface area contributed by atoms with E-state index in [1.807, 2.05) is 24.3 Å². The van der Waals surface area contributed by atoms with Crippen LogP contribution >= 0.6 is 11.6 Å². The molecule has 2 N–H and O–H groups in total. The molecule has 0 unspecified atom stereocenters. The third-order valence-electron chi connectivity index (χ3n) is 4.21. The minimum absolute atomic E-state index is 0.163. The molecule has 0 atom stereocenters. The van der Waals surface area contributed by atoms with Gasteiger partial charge in [0.15, 0.2) is 0 Å². The van der Waals surface area contributed by atoms with Gasteiger partial charge in [-0.05, 0) is 48.0 Å². The molecular formula is C21H16ClN5O. The van der Waals surface area contributed by atoms with Crippen LogP contribution in [0, 0.1) is 0 Å². The van der Waals surface area contributed by atoms with Crippen molar-refractivity contribution < 1.29 is 4.79 Å². The van der Waals surface area contributed by atoms with Gasteiger partial charge in [0.1, 0.15) is 12.1 Å². The van der Waals surface area contributed by atoms with Gasteiger partial charge in [0.25, 0.3) is 5.91 Å². The second-order valence-electron chi connectivity index (χ2n) is 6.12. The number of pyridine rings is 1. The topological polar surface area (TPSA) is 79.8 Å². The van der Waals surface area contributed by atoms with Gasteiger partial charge in [-0.3, -0.25) is 9.78 Å². The average Bonchev–Trinajstić information content (AvgIpc) is 2.73. The van der Waals surface area contributed by atoms with Gasteiger partial charge >= 0.3 is 0 Å². The highest BCUT2D eigenvalue weighted by atomic mass is 35.5. The van der Waals surface area contributed by atoms with Crippen LogP contribution < -0.4 is 10.6 Å². The van der Waals surface area contributed by atoms with Crippen molar-refractivity contribution >= 4 is 39.9 Å². The number of anilines is 2. The molecule has 4 aromatic rings. The molecule has 0 saturated carbocycles. The fraction of sp³-hybridized carbons (Fsp3) is 0.0476. The first-order chi connectivity index (χ1) is 13.7. The van der Waals surface area contributed by atoms with Crippen LogP contribution in [0.5, 0.6) is 0 Å². The quantitative estimate of drug-likeness (QED) is 0.523. The van der Waals surface area contributed by atoms with Gasteiger partial charge in [0, 0.05) is 40.6 Å². The summed E-state index contributed by atoms with van der Waals surface area (Å²) in [6, 6.07) is 16.4. The normalized spacial score (nSPS) is 10.6. The zero-order valence-electron chi connectivity index (χ0n) is 14.8. The predicted octanol–water partition coefficient (Wildman–Crippen LogP) is 4.54. The van der Waals surface area contributed by atoms with Gasteiger partial charge in [-0.2, -0.15) is 0 Å². The van der Waals surface area contributed by atoms with E-state index in [1.54, 1.807) is 42.7 Å². The van der Waals surface area contributed by atoms with Gasteiger partial charge in [0.2, 0.25) is 0 Å². The Morgan fingerprint density at radius 2 is 1.75 bits per heavy atom. The van der Waals surface area contributed by atoms with Crippen molar-refractivity contribution in [2.24, 2.45) is 0 Å². The van der Waals surface area contributed by atoms with Crippen LogP contribution in [-0.4, -0.2) is 20.9 Å². The van der Waals surface area contributed by atoms with E-state index >= 15 is 0 Å². The second-order valence-corrected chi connectivity index (χ2v) is 6.56. The summed E-state index contributed by atoms with van der Waals surface area (Å²) in [5.41, 5.74) is 3.11. The molecule has 2 heterocycles. The summed E-state index contributed by atoms with van der Waals surface area (Å²) in [5.74, 6) is 0.575. The van der Waals surface area contributed by atoms with Crippen molar-refractivity contribution in [3.8, 4) is 0 Å². The monoisotopic (exact) mass is 389 g/mol. The summed E-state index contributed by atoms with van der Waals surface area (Å²) in [7, 11) is 0. The number of hydrogen-bond donors (Lipinski definition) is 2. The highest BCUT2D eigenvalue weighted by molar-refractivity contribution is 6.31. The van der Waals surface area contributed by atoms with Crippen molar-refractivity contribution in [1.29, 1.82) is 0 Å². The van der Waals surface area contributed by atoms with Crippen molar-refractivity contribution in [2.75, 3.05) is 10.6 Å². The minimum Gasteiger partial charge on any atom is -0.365 e. The zero-order chi connectivity index (χ0) is 19.3. The summed E-state index contributed by atoms with van der Waals surface area (Å²) in [6.07, 6.45) is 4.78. The fourth-order valence-electron chi connectivity index (χ4n) is 2.77. The molecule has 138 valence electrons. The molecule has 0 radical (unpaired) electrons. The third-order valence-corrected chi connectivity index (χ3v) is 4.45. The van der Waals surface area contributed by atoms with E-state index in [4.69, 9.17) is 11.6 Å². The van der Waals surface area contributed by atoms with Crippen molar-refractivity contribution in [2.45, 2.75) is 6.54 Å². The molecule has 28 heavy (non-hydrogen) atoms. The Morgan fingerprint density at radius 1 is 0.964 bits per heavy atom. The Balaban J connectivity index is 1.43. The SMILES string of the molecule is O=C(Nc1ccncc1)c1ccc(CNc2ncnc3cc(Cl)ccc23)cc1. The van der Waals surface area contributed by atoms with Gasteiger partial charge in [-0.15, -0.1) is 0 Å². The molecule has 0 aliphatic heterocycles. The smallest absolute Gasteiger partial charge is 0.255 e. The largest absolute Gasteiger partial charge is 0.365 e. The molecule has 2 aromatic carbocycles.